The third kappa shape index (κ3) is 3.64. The molecule has 0 bridgehead atoms. The highest BCUT2D eigenvalue weighted by Crippen LogP contribution is 2.38. The zero-order chi connectivity index (χ0) is 17.2. The molecule has 1 spiro atoms. The van der Waals surface area contributed by atoms with E-state index in [0.29, 0.717) is 19.5 Å². The van der Waals surface area contributed by atoms with Gasteiger partial charge in [0.15, 0.2) is 0 Å². The Bertz CT molecular complexity index is 689. The minimum absolute atomic E-state index is 0.137. The molecule has 132 valence electrons. The van der Waals surface area contributed by atoms with E-state index >= 15 is 0 Å². The standard InChI is InChI=1S/C18H26N2O3S/c1-24(22,23)20-14-6-12-18(20)11-5-13-19(15-18)17(21)10-9-16-7-3-2-4-8-16/h2-4,7-8H,5-6,9-15H2,1H3. The molecule has 5 nitrogen and oxygen atoms in total. The summed E-state index contributed by atoms with van der Waals surface area (Å²) in [6, 6.07) is 10.0. The second-order valence-electron chi connectivity index (χ2n) is 7.07. The third-order valence-electron chi connectivity index (χ3n) is 5.31. The molecule has 6 heteroatoms. The molecular weight excluding hydrogens is 324 g/mol. The van der Waals surface area contributed by atoms with Crippen molar-refractivity contribution >= 4 is 15.9 Å². The molecular formula is C18H26N2O3S. The lowest BCUT2D eigenvalue weighted by Gasteiger charge is -2.44. The monoisotopic (exact) mass is 350 g/mol. The van der Waals surface area contributed by atoms with Gasteiger partial charge in [-0.25, -0.2) is 8.42 Å². The lowest BCUT2D eigenvalue weighted by Crippen LogP contribution is -2.58. The van der Waals surface area contributed by atoms with Crippen LogP contribution in [-0.4, -0.2) is 55.0 Å². The van der Waals surface area contributed by atoms with E-state index in [4.69, 9.17) is 0 Å². The molecule has 1 aromatic rings. The maximum atomic E-state index is 12.6. The van der Waals surface area contributed by atoms with Crippen LogP contribution >= 0.6 is 0 Å². The molecule has 2 heterocycles. The van der Waals surface area contributed by atoms with Gasteiger partial charge >= 0.3 is 0 Å². The number of hydrogen-bond acceptors (Lipinski definition) is 3. The molecule has 1 amide bonds. The summed E-state index contributed by atoms with van der Waals surface area (Å²) < 4.78 is 25.9. The number of rotatable bonds is 4. The minimum Gasteiger partial charge on any atom is -0.341 e. The fourth-order valence-electron chi connectivity index (χ4n) is 4.22. The van der Waals surface area contributed by atoms with E-state index in [1.165, 1.54) is 6.26 Å². The van der Waals surface area contributed by atoms with Crippen molar-refractivity contribution in [3.8, 4) is 0 Å². The van der Waals surface area contributed by atoms with E-state index in [9.17, 15) is 13.2 Å². The summed E-state index contributed by atoms with van der Waals surface area (Å²) in [4.78, 5) is 14.5. The van der Waals surface area contributed by atoms with Crippen molar-refractivity contribution in [2.24, 2.45) is 0 Å². The van der Waals surface area contributed by atoms with Gasteiger partial charge in [0.25, 0.3) is 0 Å². The molecule has 2 aliphatic heterocycles. The van der Waals surface area contributed by atoms with Crippen LogP contribution in [0.3, 0.4) is 0 Å². The smallest absolute Gasteiger partial charge is 0.222 e. The van der Waals surface area contributed by atoms with Gasteiger partial charge in [-0.3, -0.25) is 4.79 Å². The van der Waals surface area contributed by atoms with Gasteiger partial charge in [0, 0.05) is 26.1 Å². The molecule has 2 saturated heterocycles. The summed E-state index contributed by atoms with van der Waals surface area (Å²) in [6.45, 7) is 1.88. The van der Waals surface area contributed by atoms with Crippen LogP contribution in [0.4, 0.5) is 0 Å². The summed E-state index contributed by atoms with van der Waals surface area (Å²) >= 11 is 0. The van der Waals surface area contributed by atoms with Crippen molar-refractivity contribution < 1.29 is 13.2 Å². The molecule has 0 aliphatic carbocycles. The minimum atomic E-state index is -3.22. The van der Waals surface area contributed by atoms with Crippen LogP contribution in [0.25, 0.3) is 0 Å². The van der Waals surface area contributed by atoms with Crippen molar-refractivity contribution in [3.05, 3.63) is 35.9 Å². The molecule has 1 atom stereocenters. The number of hydrogen-bond donors (Lipinski definition) is 0. The highest BCUT2D eigenvalue weighted by molar-refractivity contribution is 7.88. The molecule has 24 heavy (non-hydrogen) atoms. The van der Waals surface area contributed by atoms with Crippen molar-refractivity contribution in [1.29, 1.82) is 0 Å². The fraction of sp³-hybridized carbons (Fsp3) is 0.611. The zero-order valence-corrected chi connectivity index (χ0v) is 15.1. The van der Waals surface area contributed by atoms with E-state index in [1.807, 2.05) is 35.2 Å². The number of carbonyl (C=O) groups excluding carboxylic acids is 1. The summed E-state index contributed by atoms with van der Waals surface area (Å²) in [6.07, 6.45) is 6.00. The van der Waals surface area contributed by atoms with Crippen LogP contribution in [0.1, 0.15) is 37.7 Å². The third-order valence-corrected chi connectivity index (χ3v) is 6.68. The summed E-state index contributed by atoms with van der Waals surface area (Å²) in [5, 5.41) is 0. The molecule has 0 radical (unpaired) electrons. The van der Waals surface area contributed by atoms with Crippen LogP contribution in [0.5, 0.6) is 0 Å². The van der Waals surface area contributed by atoms with E-state index in [0.717, 1.165) is 44.2 Å². The van der Waals surface area contributed by atoms with Crippen LogP contribution < -0.4 is 0 Å². The van der Waals surface area contributed by atoms with E-state index in [2.05, 4.69) is 0 Å². The first-order chi connectivity index (χ1) is 11.4. The Balaban J connectivity index is 1.66. The first-order valence-corrected chi connectivity index (χ1v) is 10.6. The Hall–Kier alpha value is -1.40. The maximum absolute atomic E-state index is 12.6. The largest absolute Gasteiger partial charge is 0.341 e. The number of sulfonamides is 1. The van der Waals surface area contributed by atoms with Gasteiger partial charge in [-0.15, -0.1) is 0 Å². The Labute approximate surface area is 144 Å². The van der Waals surface area contributed by atoms with E-state index in [-0.39, 0.29) is 11.4 Å². The van der Waals surface area contributed by atoms with Crippen molar-refractivity contribution in [1.82, 2.24) is 9.21 Å². The first kappa shape index (κ1) is 17.4. The van der Waals surface area contributed by atoms with Gasteiger partial charge in [0.1, 0.15) is 0 Å². The molecule has 0 aromatic heterocycles. The van der Waals surface area contributed by atoms with Crippen LogP contribution in [0, 0.1) is 0 Å². The van der Waals surface area contributed by atoms with Crippen molar-refractivity contribution in [2.45, 2.75) is 44.1 Å². The normalized spacial score (nSPS) is 25.3. The Morgan fingerprint density at radius 1 is 1.12 bits per heavy atom. The lowest BCUT2D eigenvalue weighted by molar-refractivity contribution is -0.134. The first-order valence-electron chi connectivity index (χ1n) is 8.70. The van der Waals surface area contributed by atoms with Gasteiger partial charge in [-0.2, -0.15) is 4.31 Å². The highest BCUT2D eigenvalue weighted by Gasteiger charge is 2.48. The van der Waals surface area contributed by atoms with Gasteiger partial charge in [0.05, 0.1) is 11.8 Å². The predicted octanol–water partition coefficient (Wildman–Crippen LogP) is 2.04. The molecule has 0 saturated carbocycles. The Morgan fingerprint density at radius 3 is 2.46 bits per heavy atom. The molecule has 0 N–H and O–H groups in total. The number of nitrogens with zero attached hydrogens (tertiary/aromatic N) is 2. The van der Waals surface area contributed by atoms with Crippen LogP contribution in [0.2, 0.25) is 0 Å². The quantitative estimate of drug-likeness (QED) is 0.835. The number of likely N-dealkylation sites (tertiary alicyclic amines) is 1. The number of piperidine rings is 1. The summed E-state index contributed by atoms with van der Waals surface area (Å²) in [7, 11) is -3.22. The average Bonchev–Trinajstić information content (AvgIpc) is 2.96. The number of carbonyl (C=O) groups is 1. The lowest BCUT2D eigenvalue weighted by atomic mass is 9.87. The van der Waals surface area contributed by atoms with Gasteiger partial charge in [-0.1, -0.05) is 30.3 Å². The second kappa shape index (κ2) is 6.84. The fourth-order valence-corrected chi connectivity index (χ4v) is 5.62. The van der Waals surface area contributed by atoms with Crippen LogP contribution in [0.15, 0.2) is 30.3 Å². The number of aryl methyl sites for hydroxylation is 1. The molecule has 2 fully saturated rings. The highest BCUT2D eigenvalue weighted by atomic mass is 32.2. The van der Waals surface area contributed by atoms with Crippen LogP contribution in [-0.2, 0) is 21.2 Å². The summed E-state index contributed by atoms with van der Waals surface area (Å²) in [5.74, 6) is 0.137. The van der Waals surface area contributed by atoms with Gasteiger partial charge in [-0.05, 0) is 37.7 Å². The predicted molar refractivity (Wildman–Crippen MR) is 94.1 cm³/mol. The number of amides is 1. The molecule has 3 rings (SSSR count). The summed E-state index contributed by atoms with van der Waals surface area (Å²) in [5.41, 5.74) is 0.796. The maximum Gasteiger partial charge on any atom is 0.222 e. The van der Waals surface area contributed by atoms with E-state index in [1.54, 1.807) is 4.31 Å². The Morgan fingerprint density at radius 2 is 1.79 bits per heavy atom. The molecule has 2 aliphatic rings. The Kier molecular flexibility index (Phi) is 4.97. The topological polar surface area (TPSA) is 57.7 Å². The van der Waals surface area contributed by atoms with E-state index < -0.39 is 10.0 Å². The van der Waals surface area contributed by atoms with Crippen molar-refractivity contribution in [3.63, 3.8) is 0 Å². The SMILES string of the molecule is CS(=O)(=O)N1CCCC12CCCN(C(=O)CCc1ccccc1)C2. The van der Waals surface area contributed by atoms with Gasteiger partial charge < -0.3 is 4.90 Å². The molecule has 1 unspecified atom stereocenters. The molecule has 1 aromatic carbocycles. The number of benzene rings is 1. The second-order valence-corrected chi connectivity index (χ2v) is 8.97. The average molecular weight is 350 g/mol. The van der Waals surface area contributed by atoms with Crippen molar-refractivity contribution in [2.75, 3.05) is 25.9 Å². The van der Waals surface area contributed by atoms with Gasteiger partial charge in [0.2, 0.25) is 15.9 Å². The zero-order valence-electron chi connectivity index (χ0n) is 14.3.